The third-order valence-corrected chi connectivity index (χ3v) is 7.50. The maximum atomic E-state index is 15.0. The van der Waals surface area contributed by atoms with Gasteiger partial charge in [0.2, 0.25) is 5.28 Å². The number of hydrogen-bond acceptors (Lipinski definition) is 6. The van der Waals surface area contributed by atoms with Crippen LogP contribution in [0.15, 0.2) is 35.4 Å². The van der Waals surface area contributed by atoms with Crippen molar-refractivity contribution in [2.75, 3.05) is 18.4 Å². The Balaban J connectivity index is 1.79. The summed E-state index contributed by atoms with van der Waals surface area (Å²) in [5.74, 6) is -0.760. The third kappa shape index (κ3) is 3.97. The fourth-order valence-corrected chi connectivity index (χ4v) is 5.21. The Labute approximate surface area is 188 Å². The molecule has 0 radical (unpaired) electrons. The molecule has 32 heavy (non-hydrogen) atoms. The second-order valence-electron chi connectivity index (χ2n) is 7.88. The fraction of sp³-hybridized carbons (Fsp3) is 0.350. The molecule has 1 aliphatic heterocycles. The number of piperidine rings is 1. The quantitative estimate of drug-likeness (QED) is 0.547. The van der Waals surface area contributed by atoms with E-state index < -0.39 is 21.9 Å². The average Bonchev–Trinajstić information content (AvgIpc) is 3.07. The minimum atomic E-state index is -4.14. The number of aryl methyl sites for hydroxylation is 1. The predicted molar refractivity (Wildman–Crippen MR) is 117 cm³/mol. The highest BCUT2D eigenvalue weighted by Gasteiger charge is 2.31. The summed E-state index contributed by atoms with van der Waals surface area (Å²) in [7, 11) is -4.14. The molecule has 1 fully saturated rings. The standard InChI is InChI=1S/C20H21ClFN5O4S/c1-11-3-5-13(6-4-11)32(30,31)27-9-14(22)16-17(24-19(21)25-18(16)27)23-15-10-26(20(28)29)8-7-12(15)2/h3-6,9,12,15H,7-8,10H2,1-2H3,(H,28,29)(H,23,24,25)/t12-,15+/m1/s1. The summed E-state index contributed by atoms with van der Waals surface area (Å²) in [6, 6.07) is 5.78. The second kappa shape index (κ2) is 8.21. The zero-order valence-corrected chi connectivity index (χ0v) is 18.9. The molecule has 3 heterocycles. The van der Waals surface area contributed by atoms with Gasteiger partial charge in [0.05, 0.1) is 16.5 Å². The summed E-state index contributed by atoms with van der Waals surface area (Å²) >= 11 is 6.06. The molecule has 1 aromatic carbocycles. The zero-order valence-electron chi connectivity index (χ0n) is 17.3. The van der Waals surface area contributed by atoms with Crippen LogP contribution in [0.25, 0.3) is 11.0 Å². The van der Waals surface area contributed by atoms with Gasteiger partial charge in [0.1, 0.15) is 5.82 Å². The smallest absolute Gasteiger partial charge is 0.407 e. The van der Waals surface area contributed by atoms with E-state index in [1.165, 1.54) is 17.0 Å². The first-order valence-electron chi connectivity index (χ1n) is 9.88. The van der Waals surface area contributed by atoms with E-state index in [-0.39, 0.29) is 45.5 Å². The van der Waals surface area contributed by atoms with Crippen molar-refractivity contribution in [3.05, 3.63) is 47.1 Å². The van der Waals surface area contributed by atoms with E-state index in [1.807, 2.05) is 13.8 Å². The molecular formula is C20H21ClFN5O4S. The number of fused-ring (bicyclic) bond motifs is 1. The van der Waals surface area contributed by atoms with Crippen LogP contribution in [0, 0.1) is 18.7 Å². The lowest BCUT2D eigenvalue weighted by Crippen LogP contribution is -2.48. The number of halogens is 2. The molecule has 4 rings (SSSR count). The Morgan fingerprint density at radius 2 is 1.97 bits per heavy atom. The number of anilines is 1. The molecule has 1 saturated heterocycles. The van der Waals surface area contributed by atoms with E-state index in [1.54, 1.807) is 12.1 Å². The minimum absolute atomic E-state index is 0.0134. The van der Waals surface area contributed by atoms with E-state index in [0.717, 1.165) is 15.7 Å². The summed E-state index contributed by atoms with van der Waals surface area (Å²) in [5.41, 5.74) is 0.672. The molecule has 0 bridgehead atoms. The summed E-state index contributed by atoms with van der Waals surface area (Å²) in [4.78, 5) is 20.7. The van der Waals surface area contributed by atoms with Crippen molar-refractivity contribution in [2.24, 2.45) is 5.92 Å². The van der Waals surface area contributed by atoms with Gasteiger partial charge in [0, 0.05) is 19.1 Å². The van der Waals surface area contributed by atoms with Crippen LogP contribution in [0.4, 0.5) is 15.0 Å². The van der Waals surface area contributed by atoms with Crippen LogP contribution in [-0.2, 0) is 10.0 Å². The van der Waals surface area contributed by atoms with Gasteiger partial charge >= 0.3 is 6.09 Å². The van der Waals surface area contributed by atoms with Gasteiger partial charge in [-0.05, 0) is 43.0 Å². The second-order valence-corrected chi connectivity index (χ2v) is 10.0. The molecule has 170 valence electrons. The Morgan fingerprint density at radius 3 is 2.62 bits per heavy atom. The maximum absolute atomic E-state index is 15.0. The summed E-state index contributed by atoms with van der Waals surface area (Å²) in [5, 5.41) is 12.0. The highest BCUT2D eigenvalue weighted by atomic mass is 35.5. The van der Waals surface area contributed by atoms with Crippen molar-refractivity contribution in [2.45, 2.75) is 31.2 Å². The first-order valence-corrected chi connectivity index (χ1v) is 11.7. The van der Waals surface area contributed by atoms with Crippen LogP contribution in [0.3, 0.4) is 0 Å². The maximum Gasteiger partial charge on any atom is 0.407 e. The lowest BCUT2D eigenvalue weighted by Gasteiger charge is -2.36. The van der Waals surface area contributed by atoms with Gasteiger partial charge < -0.3 is 15.3 Å². The van der Waals surface area contributed by atoms with Crippen LogP contribution in [0.1, 0.15) is 18.9 Å². The number of rotatable bonds is 4. The minimum Gasteiger partial charge on any atom is -0.465 e. The molecule has 3 aromatic rings. The van der Waals surface area contributed by atoms with E-state index in [4.69, 9.17) is 11.6 Å². The molecule has 2 aromatic heterocycles. The van der Waals surface area contributed by atoms with E-state index in [2.05, 4.69) is 15.3 Å². The largest absolute Gasteiger partial charge is 0.465 e. The van der Waals surface area contributed by atoms with Gasteiger partial charge in [0.25, 0.3) is 10.0 Å². The van der Waals surface area contributed by atoms with E-state index in [9.17, 15) is 18.3 Å². The van der Waals surface area contributed by atoms with Crippen LogP contribution < -0.4 is 5.32 Å². The number of nitrogens with one attached hydrogen (secondary N) is 1. The van der Waals surface area contributed by atoms with Crippen molar-refractivity contribution >= 4 is 44.6 Å². The molecule has 0 spiro atoms. The molecule has 1 amide bonds. The Hall–Kier alpha value is -2.92. The Morgan fingerprint density at radius 1 is 1.28 bits per heavy atom. The lowest BCUT2D eigenvalue weighted by atomic mass is 9.93. The molecular weight excluding hydrogens is 461 g/mol. The average molecular weight is 482 g/mol. The summed E-state index contributed by atoms with van der Waals surface area (Å²) in [6.45, 7) is 4.34. The molecule has 0 saturated carbocycles. The number of carboxylic acid groups (broad SMARTS) is 1. The molecule has 12 heteroatoms. The van der Waals surface area contributed by atoms with Crippen LogP contribution in [-0.4, -0.2) is 57.6 Å². The monoisotopic (exact) mass is 481 g/mol. The van der Waals surface area contributed by atoms with Crippen molar-refractivity contribution in [3.63, 3.8) is 0 Å². The predicted octanol–water partition coefficient (Wildman–Crippen LogP) is 3.57. The number of benzene rings is 1. The van der Waals surface area contributed by atoms with Gasteiger partial charge in [-0.15, -0.1) is 0 Å². The lowest BCUT2D eigenvalue weighted by molar-refractivity contribution is 0.122. The molecule has 0 aliphatic carbocycles. The number of nitrogens with zero attached hydrogens (tertiary/aromatic N) is 4. The molecule has 9 nitrogen and oxygen atoms in total. The van der Waals surface area contributed by atoms with Gasteiger partial charge in [-0.25, -0.2) is 21.6 Å². The zero-order chi connectivity index (χ0) is 23.2. The van der Waals surface area contributed by atoms with Crippen molar-refractivity contribution in [1.29, 1.82) is 0 Å². The van der Waals surface area contributed by atoms with Crippen LogP contribution in [0.2, 0.25) is 5.28 Å². The number of hydrogen-bond donors (Lipinski definition) is 2. The fourth-order valence-electron chi connectivity index (χ4n) is 3.75. The van der Waals surface area contributed by atoms with Gasteiger partial charge in [0.15, 0.2) is 11.5 Å². The highest BCUT2D eigenvalue weighted by molar-refractivity contribution is 7.90. The number of carbonyl (C=O) groups is 1. The number of amides is 1. The summed E-state index contributed by atoms with van der Waals surface area (Å²) < 4.78 is 42.1. The van der Waals surface area contributed by atoms with Crippen LogP contribution >= 0.6 is 11.6 Å². The van der Waals surface area contributed by atoms with E-state index >= 15 is 4.39 Å². The van der Waals surface area contributed by atoms with Crippen molar-refractivity contribution in [3.8, 4) is 0 Å². The molecule has 0 unspecified atom stereocenters. The first-order chi connectivity index (χ1) is 15.1. The van der Waals surface area contributed by atoms with Crippen LogP contribution in [0.5, 0.6) is 0 Å². The Bertz CT molecular complexity index is 1300. The highest BCUT2D eigenvalue weighted by Crippen LogP contribution is 2.31. The Kier molecular flexibility index (Phi) is 5.72. The van der Waals surface area contributed by atoms with Crippen molar-refractivity contribution < 1.29 is 22.7 Å². The SMILES string of the molecule is Cc1ccc(S(=O)(=O)n2cc(F)c3c(N[C@H]4CN(C(=O)O)CC[C@H]4C)nc(Cl)nc32)cc1. The normalized spacial score (nSPS) is 19.3. The summed E-state index contributed by atoms with van der Waals surface area (Å²) in [6.07, 6.45) is 0.400. The van der Waals surface area contributed by atoms with Gasteiger partial charge in [-0.1, -0.05) is 24.6 Å². The third-order valence-electron chi connectivity index (χ3n) is 5.67. The topological polar surface area (TPSA) is 117 Å². The first kappa shape index (κ1) is 22.3. The molecule has 1 aliphatic rings. The van der Waals surface area contributed by atoms with Crippen molar-refractivity contribution in [1.82, 2.24) is 18.8 Å². The number of aromatic nitrogens is 3. The van der Waals surface area contributed by atoms with Gasteiger partial charge in [-0.3, -0.25) is 0 Å². The van der Waals surface area contributed by atoms with Gasteiger partial charge in [-0.2, -0.15) is 9.97 Å². The molecule has 2 N–H and O–H groups in total. The number of likely N-dealkylation sites (tertiary alicyclic amines) is 1. The van der Waals surface area contributed by atoms with E-state index in [0.29, 0.717) is 13.0 Å². The molecule has 2 atom stereocenters.